The number of imidazole rings is 1. The van der Waals surface area contributed by atoms with E-state index in [4.69, 9.17) is 16.3 Å². The third kappa shape index (κ3) is 8.05. The molecule has 1 atom stereocenters. The molecule has 4 aromatic rings. The molecule has 1 unspecified atom stereocenters. The molecule has 0 saturated carbocycles. The van der Waals surface area contributed by atoms with Crippen LogP contribution in [0.3, 0.4) is 0 Å². The van der Waals surface area contributed by atoms with Gasteiger partial charge in [-0.25, -0.2) is 9.78 Å². The van der Waals surface area contributed by atoms with Gasteiger partial charge in [0.2, 0.25) is 5.91 Å². The molecule has 1 heterocycles. The molecule has 0 bridgehead atoms. The average Bonchev–Trinajstić information content (AvgIpc) is 3.47. The van der Waals surface area contributed by atoms with Crippen molar-refractivity contribution < 1.29 is 23.9 Å². The molecular weight excluding hydrogens is 558 g/mol. The molecule has 3 N–H and O–H groups in total. The SMILES string of the molecule is CC(C)(C)OC(=O)c1ccccc1NC(=O)C(Cc1ccccc1)NC(=O)C(=O)Nc1cc(Cl)ccc1-n1ccnc1. The molecule has 3 aromatic carbocycles. The number of para-hydroxylation sites is 1. The predicted molar refractivity (Wildman–Crippen MR) is 160 cm³/mol. The van der Waals surface area contributed by atoms with E-state index in [0.717, 1.165) is 5.56 Å². The van der Waals surface area contributed by atoms with Gasteiger partial charge in [0.25, 0.3) is 0 Å². The second-order valence-electron chi connectivity index (χ2n) is 10.3. The maximum Gasteiger partial charge on any atom is 0.340 e. The Bertz CT molecular complexity index is 1580. The fourth-order valence-electron chi connectivity index (χ4n) is 4.02. The molecule has 0 saturated heterocycles. The van der Waals surface area contributed by atoms with Gasteiger partial charge in [0.1, 0.15) is 11.6 Å². The lowest BCUT2D eigenvalue weighted by molar-refractivity contribution is -0.137. The lowest BCUT2D eigenvalue weighted by Gasteiger charge is -2.22. The van der Waals surface area contributed by atoms with Crippen LogP contribution in [0.25, 0.3) is 5.69 Å². The highest BCUT2D eigenvalue weighted by Gasteiger charge is 2.27. The largest absolute Gasteiger partial charge is 0.456 e. The van der Waals surface area contributed by atoms with Crippen LogP contribution in [0.1, 0.15) is 36.7 Å². The molecule has 0 aliphatic carbocycles. The number of esters is 1. The number of ether oxygens (including phenoxy) is 1. The number of carbonyl (C=O) groups excluding carboxylic acids is 4. The van der Waals surface area contributed by atoms with Crippen LogP contribution in [0.2, 0.25) is 5.02 Å². The fraction of sp³-hybridized carbons (Fsp3) is 0.194. The van der Waals surface area contributed by atoms with Crippen molar-refractivity contribution >= 4 is 46.7 Å². The lowest BCUT2D eigenvalue weighted by atomic mass is 10.0. The first-order chi connectivity index (χ1) is 20.0. The minimum absolute atomic E-state index is 0.0811. The second kappa shape index (κ2) is 13.1. The highest BCUT2D eigenvalue weighted by molar-refractivity contribution is 6.40. The van der Waals surface area contributed by atoms with E-state index in [1.54, 1.807) is 92.3 Å². The van der Waals surface area contributed by atoms with Crippen molar-refractivity contribution in [1.29, 1.82) is 0 Å². The molecule has 216 valence electrons. The van der Waals surface area contributed by atoms with Crippen molar-refractivity contribution in [2.24, 2.45) is 0 Å². The molecule has 4 rings (SSSR count). The van der Waals surface area contributed by atoms with Crippen LogP contribution in [0.5, 0.6) is 0 Å². The zero-order valence-electron chi connectivity index (χ0n) is 23.3. The quantitative estimate of drug-likeness (QED) is 0.201. The summed E-state index contributed by atoms with van der Waals surface area (Å²) in [5.74, 6) is -3.28. The Morgan fingerprint density at radius 1 is 0.905 bits per heavy atom. The Kier molecular flexibility index (Phi) is 9.39. The number of hydrogen-bond acceptors (Lipinski definition) is 6. The highest BCUT2D eigenvalue weighted by atomic mass is 35.5. The number of hydrogen-bond donors (Lipinski definition) is 3. The Morgan fingerprint density at radius 2 is 1.62 bits per heavy atom. The zero-order chi connectivity index (χ0) is 30.3. The van der Waals surface area contributed by atoms with Gasteiger partial charge in [-0.15, -0.1) is 0 Å². The van der Waals surface area contributed by atoms with E-state index in [1.165, 1.54) is 18.5 Å². The first kappa shape index (κ1) is 30.0. The zero-order valence-corrected chi connectivity index (χ0v) is 24.0. The molecule has 11 heteroatoms. The van der Waals surface area contributed by atoms with Crippen LogP contribution in [0, 0.1) is 0 Å². The van der Waals surface area contributed by atoms with E-state index in [-0.39, 0.29) is 23.4 Å². The van der Waals surface area contributed by atoms with E-state index in [9.17, 15) is 19.2 Å². The molecule has 0 spiro atoms. The lowest BCUT2D eigenvalue weighted by Crippen LogP contribution is -2.49. The Labute approximate surface area is 248 Å². The van der Waals surface area contributed by atoms with Gasteiger partial charge in [-0.3, -0.25) is 14.4 Å². The van der Waals surface area contributed by atoms with Gasteiger partial charge in [0, 0.05) is 23.8 Å². The molecule has 0 fully saturated rings. The Morgan fingerprint density at radius 3 is 2.31 bits per heavy atom. The summed E-state index contributed by atoms with van der Waals surface area (Å²) in [5, 5.41) is 8.16. The predicted octanol–water partition coefficient (Wildman–Crippen LogP) is 4.79. The van der Waals surface area contributed by atoms with E-state index in [0.29, 0.717) is 10.7 Å². The number of nitrogens with one attached hydrogen (secondary N) is 3. The average molecular weight is 588 g/mol. The normalized spacial score (nSPS) is 11.7. The van der Waals surface area contributed by atoms with Gasteiger partial charge in [0.05, 0.1) is 29.0 Å². The molecule has 3 amide bonds. The number of benzene rings is 3. The van der Waals surface area contributed by atoms with E-state index >= 15 is 0 Å². The molecule has 0 radical (unpaired) electrons. The molecule has 10 nitrogen and oxygen atoms in total. The van der Waals surface area contributed by atoms with E-state index in [1.807, 2.05) is 6.07 Å². The number of carbonyl (C=O) groups is 4. The van der Waals surface area contributed by atoms with Crippen LogP contribution in [0.15, 0.2) is 91.5 Å². The Balaban J connectivity index is 1.54. The second-order valence-corrected chi connectivity index (χ2v) is 10.8. The highest BCUT2D eigenvalue weighted by Crippen LogP contribution is 2.25. The first-order valence-electron chi connectivity index (χ1n) is 13.1. The summed E-state index contributed by atoms with van der Waals surface area (Å²) in [5.41, 5.74) is 1.17. The number of nitrogens with zero attached hydrogens (tertiary/aromatic N) is 2. The Hall–Kier alpha value is -4.96. The first-order valence-corrected chi connectivity index (χ1v) is 13.4. The number of anilines is 2. The monoisotopic (exact) mass is 587 g/mol. The van der Waals surface area contributed by atoms with Gasteiger partial charge in [-0.05, 0) is 56.7 Å². The van der Waals surface area contributed by atoms with Crippen molar-refractivity contribution in [3.05, 3.63) is 108 Å². The number of aromatic nitrogens is 2. The molecular formula is C31H30ClN5O5. The maximum absolute atomic E-state index is 13.5. The fourth-order valence-corrected chi connectivity index (χ4v) is 4.19. The summed E-state index contributed by atoms with van der Waals surface area (Å²) in [4.78, 5) is 56.4. The smallest absolute Gasteiger partial charge is 0.340 e. The summed E-state index contributed by atoms with van der Waals surface area (Å²) in [6.07, 6.45) is 4.86. The standard InChI is InChI=1S/C31H30ClN5O5/c1-31(2,3)42-30(41)22-11-7-8-12-23(22)34-27(38)25(17-20-9-5-4-6-10-20)36-29(40)28(39)35-24-18-21(32)13-14-26(24)37-16-15-33-19-37/h4-16,18-19,25H,17H2,1-3H3,(H,34,38)(H,35,39)(H,36,40). The van der Waals surface area contributed by atoms with Crippen LogP contribution in [-0.4, -0.2) is 44.9 Å². The van der Waals surface area contributed by atoms with Crippen LogP contribution in [-0.2, 0) is 25.5 Å². The minimum Gasteiger partial charge on any atom is -0.456 e. The van der Waals surface area contributed by atoms with Gasteiger partial charge in [-0.1, -0.05) is 54.1 Å². The maximum atomic E-state index is 13.5. The number of halogens is 1. The third-order valence-corrected chi connectivity index (χ3v) is 6.14. The van der Waals surface area contributed by atoms with Gasteiger partial charge in [-0.2, -0.15) is 0 Å². The van der Waals surface area contributed by atoms with E-state index < -0.39 is 35.3 Å². The van der Waals surface area contributed by atoms with Crippen LogP contribution in [0.4, 0.5) is 11.4 Å². The minimum atomic E-state index is -1.16. The van der Waals surface area contributed by atoms with Crippen LogP contribution >= 0.6 is 11.6 Å². The third-order valence-electron chi connectivity index (χ3n) is 5.90. The van der Waals surface area contributed by atoms with Crippen molar-refractivity contribution in [2.45, 2.75) is 38.8 Å². The van der Waals surface area contributed by atoms with Crippen molar-refractivity contribution in [1.82, 2.24) is 14.9 Å². The van der Waals surface area contributed by atoms with E-state index in [2.05, 4.69) is 20.9 Å². The molecule has 1 aromatic heterocycles. The van der Waals surface area contributed by atoms with Crippen molar-refractivity contribution in [3.8, 4) is 5.69 Å². The van der Waals surface area contributed by atoms with Gasteiger partial charge >= 0.3 is 17.8 Å². The number of amides is 3. The summed E-state index contributed by atoms with van der Waals surface area (Å²) < 4.78 is 7.12. The molecule has 0 aliphatic rings. The summed E-state index contributed by atoms with van der Waals surface area (Å²) in [6.45, 7) is 5.22. The molecule has 0 aliphatic heterocycles. The van der Waals surface area contributed by atoms with Crippen molar-refractivity contribution in [3.63, 3.8) is 0 Å². The summed E-state index contributed by atoms with van der Waals surface area (Å²) in [7, 11) is 0. The van der Waals surface area contributed by atoms with Crippen LogP contribution < -0.4 is 16.0 Å². The number of rotatable bonds is 8. The summed E-state index contributed by atoms with van der Waals surface area (Å²) in [6, 6.07) is 19.1. The summed E-state index contributed by atoms with van der Waals surface area (Å²) >= 11 is 6.14. The van der Waals surface area contributed by atoms with Gasteiger partial charge in [0.15, 0.2) is 0 Å². The molecule has 42 heavy (non-hydrogen) atoms. The van der Waals surface area contributed by atoms with Crippen molar-refractivity contribution in [2.75, 3.05) is 10.6 Å². The topological polar surface area (TPSA) is 131 Å². The van der Waals surface area contributed by atoms with Gasteiger partial charge < -0.3 is 25.3 Å².